The van der Waals surface area contributed by atoms with Crippen LogP contribution < -0.4 is 0 Å². The van der Waals surface area contributed by atoms with E-state index in [1.54, 1.807) is 6.92 Å². The fraction of sp³-hybridized carbons (Fsp3) is 0.250. The summed E-state index contributed by atoms with van der Waals surface area (Å²) < 4.78 is 43.5. The van der Waals surface area contributed by atoms with Gasteiger partial charge in [0.05, 0.1) is 18.5 Å². The highest BCUT2D eigenvalue weighted by Crippen LogP contribution is 2.41. The third-order valence-corrected chi connectivity index (χ3v) is 4.34. The molecule has 2 aromatic heterocycles. The van der Waals surface area contributed by atoms with Crippen molar-refractivity contribution < 1.29 is 18.3 Å². The van der Waals surface area contributed by atoms with E-state index in [0.29, 0.717) is 6.07 Å². The van der Waals surface area contributed by atoms with Gasteiger partial charge in [-0.25, -0.2) is 23.1 Å². The average Bonchev–Trinajstić information content (AvgIpc) is 3.12. The van der Waals surface area contributed by atoms with Crippen molar-refractivity contribution in [2.45, 2.75) is 18.4 Å². The smallest absolute Gasteiger partial charge is 0.163 e. The Labute approximate surface area is 141 Å². The van der Waals surface area contributed by atoms with Gasteiger partial charge < -0.3 is 9.67 Å². The lowest BCUT2D eigenvalue weighted by Gasteiger charge is -2.38. The predicted molar refractivity (Wildman–Crippen MR) is 80.9 cm³/mol. The standard InChI is InChI=1S/C16H14F3N5O/c1-10(15-14(19)5-20-7-21-15)16(6-25,24-8-22-23-9-24)12-3-2-11(17)4-13(12)18/h2-5,7-10,25H,6H2,1H3/t10-,16?/m0/s1. The Bertz CT molecular complexity index is 874. The minimum absolute atomic E-state index is 0.0264. The summed E-state index contributed by atoms with van der Waals surface area (Å²) in [5, 5.41) is 17.6. The SMILES string of the molecule is C[C@@H](c1ncncc1F)C(CO)(c1ccc(F)cc1F)n1cnnc1. The van der Waals surface area contributed by atoms with Crippen LogP contribution in [-0.2, 0) is 5.54 Å². The first kappa shape index (κ1) is 17.0. The molecule has 9 heteroatoms. The van der Waals surface area contributed by atoms with E-state index < -0.39 is 35.5 Å². The van der Waals surface area contributed by atoms with Gasteiger partial charge in [0.15, 0.2) is 5.82 Å². The largest absolute Gasteiger partial charge is 0.394 e. The van der Waals surface area contributed by atoms with Crippen molar-refractivity contribution in [1.82, 2.24) is 24.7 Å². The number of rotatable bonds is 5. The molecule has 0 aliphatic heterocycles. The number of halogens is 3. The molecule has 0 bridgehead atoms. The highest BCUT2D eigenvalue weighted by Gasteiger charge is 2.44. The van der Waals surface area contributed by atoms with E-state index in [-0.39, 0.29) is 11.3 Å². The van der Waals surface area contributed by atoms with Crippen LogP contribution in [-0.4, -0.2) is 36.4 Å². The van der Waals surface area contributed by atoms with Crippen molar-refractivity contribution in [2.75, 3.05) is 6.61 Å². The molecule has 2 heterocycles. The van der Waals surface area contributed by atoms with Gasteiger partial charge in [0.1, 0.15) is 36.2 Å². The van der Waals surface area contributed by atoms with E-state index in [0.717, 1.165) is 18.6 Å². The van der Waals surface area contributed by atoms with Crippen LogP contribution in [0.5, 0.6) is 0 Å². The summed E-state index contributed by atoms with van der Waals surface area (Å²) in [5.41, 5.74) is -1.60. The molecule has 6 nitrogen and oxygen atoms in total. The van der Waals surface area contributed by atoms with Crippen LogP contribution >= 0.6 is 0 Å². The molecule has 0 spiro atoms. The Kier molecular flexibility index (Phi) is 4.49. The van der Waals surface area contributed by atoms with Crippen molar-refractivity contribution in [3.8, 4) is 0 Å². The van der Waals surface area contributed by atoms with Crippen LogP contribution in [0.1, 0.15) is 24.1 Å². The second-order valence-electron chi connectivity index (χ2n) is 5.55. The molecule has 3 rings (SSSR count). The van der Waals surface area contributed by atoms with Gasteiger partial charge in [-0.15, -0.1) is 10.2 Å². The predicted octanol–water partition coefficient (Wildman–Crippen LogP) is 2.02. The Morgan fingerprint density at radius 2 is 1.88 bits per heavy atom. The monoisotopic (exact) mass is 349 g/mol. The van der Waals surface area contributed by atoms with Crippen molar-refractivity contribution in [3.63, 3.8) is 0 Å². The Hall–Kier alpha value is -2.81. The molecule has 1 aromatic carbocycles. The number of nitrogens with zero attached hydrogens (tertiary/aromatic N) is 5. The van der Waals surface area contributed by atoms with Gasteiger partial charge in [0, 0.05) is 17.5 Å². The molecular weight excluding hydrogens is 335 g/mol. The zero-order valence-corrected chi connectivity index (χ0v) is 13.1. The van der Waals surface area contributed by atoms with Crippen molar-refractivity contribution in [1.29, 1.82) is 0 Å². The molecule has 1 N–H and O–H groups in total. The lowest BCUT2D eigenvalue weighted by Crippen LogP contribution is -2.44. The first-order valence-electron chi connectivity index (χ1n) is 7.37. The Morgan fingerprint density at radius 3 is 2.48 bits per heavy atom. The van der Waals surface area contributed by atoms with E-state index in [1.807, 2.05) is 0 Å². The van der Waals surface area contributed by atoms with Gasteiger partial charge in [-0.2, -0.15) is 0 Å². The molecule has 130 valence electrons. The van der Waals surface area contributed by atoms with Gasteiger partial charge in [0.25, 0.3) is 0 Å². The molecular formula is C16H14F3N5O. The number of aliphatic hydroxyl groups is 1. The zero-order chi connectivity index (χ0) is 18.0. The van der Waals surface area contributed by atoms with E-state index in [1.165, 1.54) is 23.3 Å². The molecule has 1 unspecified atom stereocenters. The molecule has 0 radical (unpaired) electrons. The minimum atomic E-state index is -1.53. The summed E-state index contributed by atoms with van der Waals surface area (Å²) in [4.78, 5) is 7.52. The third kappa shape index (κ3) is 2.76. The van der Waals surface area contributed by atoms with Crippen LogP contribution in [0.2, 0.25) is 0 Å². The maximum Gasteiger partial charge on any atom is 0.163 e. The van der Waals surface area contributed by atoms with Gasteiger partial charge in [-0.3, -0.25) is 0 Å². The molecule has 3 aromatic rings. The highest BCUT2D eigenvalue weighted by molar-refractivity contribution is 5.33. The van der Waals surface area contributed by atoms with E-state index >= 15 is 0 Å². The first-order valence-corrected chi connectivity index (χ1v) is 7.37. The van der Waals surface area contributed by atoms with Gasteiger partial charge in [0.2, 0.25) is 0 Å². The fourth-order valence-corrected chi connectivity index (χ4v) is 3.01. The lowest BCUT2D eigenvalue weighted by atomic mass is 9.77. The summed E-state index contributed by atoms with van der Waals surface area (Å²) in [6.07, 6.45) is 4.68. The number of hydrogen-bond donors (Lipinski definition) is 1. The van der Waals surface area contributed by atoms with Gasteiger partial charge in [-0.05, 0) is 6.07 Å². The maximum absolute atomic E-state index is 14.6. The number of aliphatic hydroxyl groups excluding tert-OH is 1. The Balaban J connectivity index is 2.28. The average molecular weight is 349 g/mol. The number of aromatic nitrogens is 5. The van der Waals surface area contributed by atoms with E-state index in [4.69, 9.17) is 0 Å². The van der Waals surface area contributed by atoms with E-state index in [2.05, 4.69) is 20.2 Å². The van der Waals surface area contributed by atoms with Gasteiger partial charge >= 0.3 is 0 Å². The molecule has 0 fully saturated rings. The summed E-state index contributed by atoms with van der Waals surface area (Å²) >= 11 is 0. The fourth-order valence-electron chi connectivity index (χ4n) is 3.01. The van der Waals surface area contributed by atoms with Crippen LogP contribution in [0, 0.1) is 17.5 Å². The topological polar surface area (TPSA) is 76.7 Å². The second kappa shape index (κ2) is 6.60. The Morgan fingerprint density at radius 1 is 1.16 bits per heavy atom. The third-order valence-electron chi connectivity index (χ3n) is 4.34. The first-order chi connectivity index (χ1) is 12.0. The zero-order valence-electron chi connectivity index (χ0n) is 13.1. The van der Waals surface area contributed by atoms with Crippen LogP contribution in [0.25, 0.3) is 0 Å². The number of hydrogen-bond acceptors (Lipinski definition) is 5. The molecule has 0 amide bonds. The second-order valence-corrected chi connectivity index (χ2v) is 5.55. The number of benzene rings is 1. The van der Waals surface area contributed by atoms with E-state index in [9.17, 15) is 18.3 Å². The van der Waals surface area contributed by atoms with Gasteiger partial charge in [-0.1, -0.05) is 13.0 Å². The molecule has 25 heavy (non-hydrogen) atoms. The summed E-state index contributed by atoms with van der Waals surface area (Å²) in [7, 11) is 0. The summed E-state index contributed by atoms with van der Waals surface area (Å²) in [5.74, 6) is -3.21. The molecule has 0 saturated carbocycles. The van der Waals surface area contributed by atoms with Crippen LogP contribution in [0.4, 0.5) is 13.2 Å². The molecule has 2 atom stereocenters. The van der Waals surface area contributed by atoms with Crippen molar-refractivity contribution in [2.24, 2.45) is 0 Å². The molecule has 0 aliphatic rings. The van der Waals surface area contributed by atoms with Crippen LogP contribution in [0.3, 0.4) is 0 Å². The quantitative estimate of drug-likeness (QED) is 0.763. The normalized spacial score (nSPS) is 14.9. The minimum Gasteiger partial charge on any atom is -0.394 e. The van der Waals surface area contributed by atoms with Crippen molar-refractivity contribution >= 4 is 0 Å². The summed E-state index contributed by atoms with van der Waals surface area (Å²) in [6.45, 7) is 0.947. The summed E-state index contributed by atoms with van der Waals surface area (Å²) in [6, 6.07) is 2.97. The molecule has 0 saturated heterocycles. The molecule has 0 aliphatic carbocycles. The highest BCUT2D eigenvalue weighted by atomic mass is 19.1. The van der Waals surface area contributed by atoms with Crippen molar-refractivity contribution in [3.05, 3.63) is 72.1 Å². The maximum atomic E-state index is 14.6. The lowest BCUT2D eigenvalue weighted by molar-refractivity contribution is 0.136. The van der Waals surface area contributed by atoms with Crippen LogP contribution in [0.15, 0.2) is 43.4 Å².